The van der Waals surface area contributed by atoms with Gasteiger partial charge in [0.15, 0.2) is 0 Å². The fraction of sp³-hybridized carbons (Fsp3) is 0.935. The van der Waals surface area contributed by atoms with Crippen molar-refractivity contribution < 1.29 is 24.2 Å². The fourth-order valence-electron chi connectivity index (χ4n) is 11.2. The second-order valence-corrected chi connectivity index (χ2v) is 14.5. The average molecular weight is 516 g/mol. The van der Waals surface area contributed by atoms with E-state index in [1.807, 2.05) is 0 Å². The van der Waals surface area contributed by atoms with E-state index in [9.17, 15) is 14.7 Å². The van der Waals surface area contributed by atoms with Crippen LogP contribution in [0.4, 0.5) is 0 Å². The van der Waals surface area contributed by atoms with Gasteiger partial charge in [-0.05, 0) is 105 Å². The molecule has 0 radical (unpaired) electrons. The number of ether oxygens (including phenoxy) is 2. The van der Waals surface area contributed by atoms with E-state index in [4.69, 9.17) is 9.47 Å². The van der Waals surface area contributed by atoms with Crippen molar-refractivity contribution in [3.05, 3.63) is 0 Å². The van der Waals surface area contributed by atoms with Gasteiger partial charge in [0.25, 0.3) is 0 Å². The molecule has 0 aromatic heterocycles. The minimum atomic E-state index is -0.654. The molecule has 4 aliphatic carbocycles. The summed E-state index contributed by atoms with van der Waals surface area (Å²) in [6.45, 7) is 12.7. The lowest BCUT2D eigenvalue weighted by atomic mass is 9.50. The highest BCUT2D eigenvalue weighted by molar-refractivity contribution is 5.66. The van der Waals surface area contributed by atoms with E-state index in [0.717, 1.165) is 63.5 Å². The number of piperidine rings is 2. The number of hydrogen-bond acceptors (Lipinski definition) is 6. The Morgan fingerprint density at radius 2 is 1.57 bits per heavy atom. The van der Waals surface area contributed by atoms with E-state index in [1.54, 1.807) is 0 Å². The molecular weight excluding hydrogens is 466 g/mol. The first-order valence-electron chi connectivity index (χ1n) is 15.3. The van der Waals surface area contributed by atoms with Crippen molar-refractivity contribution >= 4 is 11.9 Å². The zero-order valence-corrected chi connectivity index (χ0v) is 23.7. The minimum Gasteiger partial charge on any atom is -0.463 e. The summed E-state index contributed by atoms with van der Waals surface area (Å²) in [4.78, 5) is 26.8. The minimum absolute atomic E-state index is 0.00922. The molecule has 37 heavy (non-hydrogen) atoms. The van der Waals surface area contributed by atoms with Gasteiger partial charge in [0.2, 0.25) is 0 Å². The molecule has 208 valence electrons. The lowest BCUT2D eigenvalue weighted by Gasteiger charge is -2.59. The van der Waals surface area contributed by atoms with Gasteiger partial charge >= 0.3 is 11.9 Å². The first kappa shape index (κ1) is 26.1. The van der Waals surface area contributed by atoms with Crippen molar-refractivity contribution in [2.45, 2.75) is 116 Å². The Balaban J connectivity index is 1.30. The van der Waals surface area contributed by atoms with E-state index in [-0.39, 0.29) is 41.4 Å². The van der Waals surface area contributed by atoms with Crippen LogP contribution in [0, 0.1) is 52.8 Å². The van der Waals surface area contributed by atoms with Crippen LogP contribution in [0.15, 0.2) is 0 Å². The number of hydrogen-bond donors (Lipinski definition) is 1. The molecule has 2 aliphatic heterocycles. The molecule has 13 atom stereocenters. The highest BCUT2D eigenvalue weighted by Gasteiger charge is 2.68. The van der Waals surface area contributed by atoms with Crippen LogP contribution in [0.5, 0.6) is 0 Å². The summed E-state index contributed by atoms with van der Waals surface area (Å²) in [6.07, 6.45) is 8.85. The van der Waals surface area contributed by atoms with Crippen LogP contribution in [-0.2, 0) is 19.1 Å². The number of nitrogens with zero attached hydrogens (tertiary/aromatic N) is 1. The Morgan fingerprint density at radius 3 is 2.30 bits per heavy atom. The molecule has 0 aromatic carbocycles. The highest BCUT2D eigenvalue weighted by Crippen LogP contribution is 2.68. The molecule has 6 fully saturated rings. The third-order valence-corrected chi connectivity index (χ3v) is 12.7. The van der Waals surface area contributed by atoms with Crippen molar-refractivity contribution in [3.63, 3.8) is 0 Å². The van der Waals surface area contributed by atoms with Crippen LogP contribution in [0.3, 0.4) is 0 Å². The van der Waals surface area contributed by atoms with Gasteiger partial charge in [0.1, 0.15) is 12.2 Å². The van der Waals surface area contributed by atoms with Crippen molar-refractivity contribution in [1.82, 2.24) is 4.90 Å². The molecular formula is C31H49NO5. The molecule has 6 heteroatoms. The number of fused-ring (bicyclic) bond motifs is 8. The van der Waals surface area contributed by atoms with Crippen LogP contribution >= 0.6 is 0 Å². The molecule has 0 spiro atoms. The molecule has 6 rings (SSSR count). The Bertz CT molecular complexity index is 921. The van der Waals surface area contributed by atoms with Crippen LogP contribution < -0.4 is 0 Å². The summed E-state index contributed by atoms with van der Waals surface area (Å²) in [5, 5.41) is 12.6. The number of esters is 2. The van der Waals surface area contributed by atoms with E-state index < -0.39 is 5.60 Å². The normalized spacial score (nSPS) is 53.1. The first-order valence-corrected chi connectivity index (χ1v) is 15.3. The predicted molar refractivity (Wildman–Crippen MR) is 140 cm³/mol. The second-order valence-electron chi connectivity index (χ2n) is 14.5. The van der Waals surface area contributed by atoms with E-state index in [1.165, 1.54) is 33.2 Å². The molecule has 2 saturated heterocycles. The standard InChI is InChI=1S/C31H49NO5/c1-17-6-7-28-18(2)22-9-11-31(35)24(23(22)16-32(28)15-17)13-25-26(31)14-29(37-20(4)34)27-12-21(36-19(3)33)8-10-30(25,27)5/h17-18,21-29,35H,6-16H2,1-5H3/t17-,18-,21-,22-,23-,24+,25+,26+,27-,28+,29-,30+,31+/m1/s1. The fourth-order valence-corrected chi connectivity index (χ4v) is 11.2. The third kappa shape index (κ3) is 4.10. The molecule has 0 aromatic rings. The van der Waals surface area contributed by atoms with E-state index >= 15 is 0 Å². The SMILES string of the molecule is CC(=O)O[C@@H]1CC[C@]2(C)[C@H](C1)[C@H](OC(C)=O)C[C@H]1[C@@H]2C[C@H]2[C@@H]3CN4C[C@H](C)CC[C@H]4[C@H](C)[C@H]3CC[C@]21O. The third-order valence-electron chi connectivity index (χ3n) is 12.7. The van der Waals surface area contributed by atoms with Gasteiger partial charge in [-0.15, -0.1) is 0 Å². The maximum absolute atomic E-state index is 12.6. The predicted octanol–water partition coefficient (Wildman–Crippen LogP) is 4.82. The number of carbonyl (C=O) groups excluding carboxylic acids is 2. The van der Waals surface area contributed by atoms with Gasteiger partial charge in [0.05, 0.1) is 5.60 Å². The topological polar surface area (TPSA) is 76.1 Å². The lowest BCUT2D eigenvalue weighted by Crippen LogP contribution is -2.62. The molecule has 4 saturated carbocycles. The van der Waals surface area contributed by atoms with Crippen LogP contribution in [0.2, 0.25) is 0 Å². The van der Waals surface area contributed by atoms with Gasteiger partial charge in [-0.3, -0.25) is 14.5 Å². The van der Waals surface area contributed by atoms with Crippen LogP contribution in [-0.4, -0.2) is 58.9 Å². The molecule has 2 heterocycles. The Labute approximate surface area is 223 Å². The Hall–Kier alpha value is -1.14. The first-order chi connectivity index (χ1) is 17.5. The molecule has 0 amide bonds. The Morgan fingerprint density at radius 1 is 0.811 bits per heavy atom. The number of rotatable bonds is 2. The van der Waals surface area contributed by atoms with Crippen LogP contribution in [0.1, 0.15) is 92.4 Å². The largest absolute Gasteiger partial charge is 0.463 e. The molecule has 6 nitrogen and oxygen atoms in total. The molecule has 0 bridgehead atoms. The smallest absolute Gasteiger partial charge is 0.302 e. The van der Waals surface area contributed by atoms with Crippen molar-refractivity contribution in [3.8, 4) is 0 Å². The molecule has 1 N–H and O–H groups in total. The Kier molecular flexibility index (Phi) is 6.50. The monoisotopic (exact) mass is 515 g/mol. The summed E-state index contributed by atoms with van der Waals surface area (Å²) < 4.78 is 11.7. The van der Waals surface area contributed by atoms with Gasteiger partial charge in [-0.1, -0.05) is 20.8 Å². The van der Waals surface area contributed by atoms with E-state index in [2.05, 4.69) is 25.7 Å². The quantitative estimate of drug-likeness (QED) is 0.532. The zero-order chi connectivity index (χ0) is 26.3. The number of aliphatic hydroxyl groups is 1. The van der Waals surface area contributed by atoms with Gasteiger partial charge in [-0.2, -0.15) is 0 Å². The molecule has 0 unspecified atom stereocenters. The maximum atomic E-state index is 12.6. The highest BCUT2D eigenvalue weighted by atomic mass is 16.5. The number of carbonyl (C=O) groups is 2. The summed E-state index contributed by atoms with van der Waals surface area (Å²) in [6, 6.07) is 0.721. The van der Waals surface area contributed by atoms with Crippen molar-refractivity contribution in [2.75, 3.05) is 13.1 Å². The van der Waals surface area contributed by atoms with Gasteiger partial charge in [-0.25, -0.2) is 0 Å². The maximum Gasteiger partial charge on any atom is 0.302 e. The average Bonchev–Trinajstić information content (AvgIpc) is 3.13. The van der Waals surface area contributed by atoms with Gasteiger partial charge in [0, 0.05) is 38.9 Å². The summed E-state index contributed by atoms with van der Waals surface area (Å²) in [5.41, 5.74) is -0.663. The van der Waals surface area contributed by atoms with Crippen LogP contribution in [0.25, 0.3) is 0 Å². The summed E-state index contributed by atoms with van der Waals surface area (Å²) >= 11 is 0. The van der Waals surface area contributed by atoms with E-state index in [0.29, 0.717) is 29.6 Å². The second kappa shape index (κ2) is 9.21. The summed E-state index contributed by atoms with van der Waals surface area (Å²) in [5.74, 6) is 3.41. The van der Waals surface area contributed by atoms with Crippen molar-refractivity contribution in [2.24, 2.45) is 52.8 Å². The summed E-state index contributed by atoms with van der Waals surface area (Å²) in [7, 11) is 0. The van der Waals surface area contributed by atoms with Crippen molar-refractivity contribution in [1.29, 1.82) is 0 Å². The molecule has 6 aliphatic rings. The zero-order valence-electron chi connectivity index (χ0n) is 23.7. The van der Waals surface area contributed by atoms with Gasteiger partial charge < -0.3 is 14.6 Å². The lowest BCUT2D eigenvalue weighted by molar-refractivity contribution is -0.195.